The molecular formula is C5H9F3N+. The van der Waals surface area contributed by atoms with Gasteiger partial charge in [0.2, 0.25) is 0 Å². The molecule has 0 atom stereocenters. The molecule has 0 aliphatic heterocycles. The normalized spacial score (nSPS) is 11.3. The van der Waals surface area contributed by atoms with E-state index in [2.05, 4.69) is 0 Å². The van der Waals surface area contributed by atoms with Crippen molar-refractivity contribution in [3.05, 3.63) is 0 Å². The van der Waals surface area contributed by atoms with Crippen molar-refractivity contribution in [2.24, 2.45) is 0 Å². The minimum atomic E-state index is -4.18. The van der Waals surface area contributed by atoms with Crippen LogP contribution in [-0.2, 0) is 0 Å². The van der Waals surface area contributed by atoms with Gasteiger partial charge in [0.05, 0.1) is 0 Å². The van der Waals surface area contributed by atoms with Gasteiger partial charge in [-0.3, -0.25) is 0 Å². The number of nitrogens with zero attached hydrogens (tertiary/aromatic N) is 1. The van der Waals surface area contributed by atoms with Crippen molar-refractivity contribution in [2.75, 3.05) is 14.1 Å². The van der Waals surface area contributed by atoms with E-state index in [1.54, 1.807) is 0 Å². The van der Waals surface area contributed by atoms with E-state index in [-0.39, 0.29) is 0 Å². The highest BCUT2D eigenvalue weighted by Gasteiger charge is 2.37. The van der Waals surface area contributed by atoms with Crippen LogP contribution in [0.5, 0.6) is 0 Å². The summed E-state index contributed by atoms with van der Waals surface area (Å²) >= 11 is 0. The van der Waals surface area contributed by atoms with Gasteiger partial charge in [-0.15, -0.1) is 0 Å². The summed E-state index contributed by atoms with van der Waals surface area (Å²) in [6, 6.07) is 0. The van der Waals surface area contributed by atoms with E-state index in [0.29, 0.717) is 0 Å². The lowest BCUT2D eigenvalue weighted by Crippen LogP contribution is -2.27. The van der Waals surface area contributed by atoms with Gasteiger partial charge in [-0.2, -0.15) is 13.2 Å². The van der Waals surface area contributed by atoms with Crippen molar-refractivity contribution in [1.29, 1.82) is 0 Å². The lowest BCUT2D eigenvalue weighted by molar-refractivity contribution is -0.473. The molecule has 0 aliphatic rings. The van der Waals surface area contributed by atoms with Gasteiger partial charge in [-0.05, 0) is 0 Å². The van der Waals surface area contributed by atoms with Gasteiger partial charge in [-0.1, -0.05) is 0 Å². The molecule has 0 spiro atoms. The molecule has 0 N–H and O–H groups in total. The molecule has 9 heavy (non-hydrogen) atoms. The molecule has 0 fully saturated rings. The molecule has 0 aliphatic carbocycles. The summed E-state index contributed by atoms with van der Waals surface area (Å²) in [5.41, 5.74) is -0.581. The van der Waals surface area contributed by atoms with E-state index in [1.165, 1.54) is 14.1 Å². The molecule has 0 amide bonds. The van der Waals surface area contributed by atoms with Gasteiger partial charge in [0.25, 0.3) is 5.71 Å². The summed E-state index contributed by atoms with van der Waals surface area (Å²) in [4.78, 5) is 0. The quantitative estimate of drug-likeness (QED) is 0.352. The lowest BCUT2D eigenvalue weighted by Gasteiger charge is -2.01. The smallest absolute Gasteiger partial charge is 0.235 e. The van der Waals surface area contributed by atoms with Crippen molar-refractivity contribution in [2.45, 2.75) is 13.1 Å². The van der Waals surface area contributed by atoms with Gasteiger partial charge in [-0.25, -0.2) is 4.58 Å². The van der Waals surface area contributed by atoms with Crippen LogP contribution in [0.4, 0.5) is 13.2 Å². The average molecular weight is 140 g/mol. The predicted molar refractivity (Wildman–Crippen MR) is 28.8 cm³/mol. The van der Waals surface area contributed by atoms with Crippen LogP contribution in [-0.4, -0.2) is 30.6 Å². The van der Waals surface area contributed by atoms with Crippen LogP contribution >= 0.6 is 0 Å². The molecular weight excluding hydrogens is 131 g/mol. The summed E-state index contributed by atoms with van der Waals surface area (Å²) in [6.07, 6.45) is -4.18. The minimum absolute atomic E-state index is 0.581. The number of hydrogen-bond donors (Lipinski definition) is 0. The zero-order valence-electron chi connectivity index (χ0n) is 5.58. The van der Waals surface area contributed by atoms with Crippen molar-refractivity contribution in [3.8, 4) is 0 Å². The number of hydrogen-bond acceptors (Lipinski definition) is 0. The molecule has 0 heterocycles. The van der Waals surface area contributed by atoms with E-state index in [9.17, 15) is 13.2 Å². The summed E-state index contributed by atoms with van der Waals surface area (Å²) in [5, 5.41) is 0. The second-order valence-electron chi connectivity index (χ2n) is 1.98. The first-order chi connectivity index (χ1) is 3.85. The molecule has 0 rings (SSSR count). The maximum absolute atomic E-state index is 11.6. The summed E-state index contributed by atoms with van der Waals surface area (Å²) < 4.78 is 35.9. The Labute approximate surface area is 51.8 Å². The highest BCUT2D eigenvalue weighted by atomic mass is 19.4. The Morgan fingerprint density at radius 2 is 1.56 bits per heavy atom. The second kappa shape index (κ2) is 2.37. The molecule has 0 aromatic heterocycles. The fourth-order valence-electron chi connectivity index (χ4n) is 0.254. The largest absolute Gasteiger partial charge is 0.472 e. The maximum atomic E-state index is 11.6. The zero-order valence-corrected chi connectivity index (χ0v) is 5.58. The molecule has 4 heteroatoms. The first-order valence-electron chi connectivity index (χ1n) is 2.43. The highest BCUT2D eigenvalue weighted by molar-refractivity contribution is 5.82. The van der Waals surface area contributed by atoms with Crippen molar-refractivity contribution in [1.82, 2.24) is 0 Å². The third-order valence-electron chi connectivity index (χ3n) is 1.08. The Bertz CT molecular complexity index is 130. The van der Waals surface area contributed by atoms with Crippen LogP contribution in [0.2, 0.25) is 0 Å². The monoisotopic (exact) mass is 140 g/mol. The van der Waals surface area contributed by atoms with E-state index in [1.807, 2.05) is 0 Å². The molecule has 0 radical (unpaired) electrons. The average Bonchev–Trinajstić information content (AvgIpc) is 1.62. The standard InChI is InChI=1S/C5H9F3N/c1-4(9(2)3)5(6,7)8/h1-3H3/q+1. The third-order valence-corrected chi connectivity index (χ3v) is 1.08. The molecule has 0 bridgehead atoms. The lowest BCUT2D eigenvalue weighted by atomic mass is 10.4. The van der Waals surface area contributed by atoms with Gasteiger partial charge in [0.1, 0.15) is 14.1 Å². The van der Waals surface area contributed by atoms with Gasteiger partial charge in [0.15, 0.2) is 0 Å². The van der Waals surface area contributed by atoms with Crippen LogP contribution in [0.15, 0.2) is 0 Å². The van der Waals surface area contributed by atoms with Crippen LogP contribution in [0, 0.1) is 0 Å². The Hall–Kier alpha value is -0.540. The summed E-state index contributed by atoms with van der Waals surface area (Å²) in [7, 11) is 2.73. The van der Waals surface area contributed by atoms with Crippen molar-refractivity contribution >= 4 is 5.71 Å². The summed E-state index contributed by atoms with van der Waals surface area (Å²) in [5.74, 6) is 0. The fraction of sp³-hybridized carbons (Fsp3) is 0.800. The predicted octanol–water partition coefficient (Wildman–Crippen LogP) is 1.28. The van der Waals surface area contributed by atoms with Crippen LogP contribution < -0.4 is 0 Å². The minimum Gasteiger partial charge on any atom is -0.235 e. The van der Waals surface area contributed by atoms with E-state index in [0.717, 1.165) is 11.5 Å². The Morgan fingerprint density at radius 3 is 1.56 bits per heavy atom. The third kappa shape index (κ3) is 2.49. The number of halogens is 3. The van der Waals surface area contributed by atoms with Gasteiger partial charge in [0, 0.05) is 6.92 Å². The van der Waals surface area contributed by atoms with E-state index < -0.39 is 11.9 Å². The Balaban J connectivity index is 4.40. The molecule has 0 aromatic rings. The first kappa shape index (κ1) is 8.46. The zero-order chi connectivity index (χ0) is 7.65. The van der Waals surface area contributed by atoms with Gasteiger partial charge >= 0.3 is 6.18 Å². The number of rotatable bonds is 0. The van der Waals surface area contributed by atoms with E-state index in [4.69, 9.17) is 0 Å². The second-order valence-corrected chi connectivity index (χ2v) is 1.98. The Kier molecular flexibility index (Phi) is 2.23. The summed E-state index contributed by atoms with van der Waals surface area (Å²) in [6.45, 7) is 1.04. The topological polar surface area (TPSA) is 3.01 Å². The molecule has 0 unspecified atom stereocenters. The molecule has 0 saturated carbocycles. The van der Waals surface area contributed by atoms with Crippen LogP contribution in [0.25, 0.3) is 0 Å². The fourth-order valence-corrected chi connectivity index (χ4v) is 0.254. The molecule has 0 saturated heterocycles. The van der Waals surface area contributed by atoms with Crippen LogP contribution in [0.3, 0.4) is 0 Å². The molecule has 1 nitrogen and oxygen atoms in total. The van der Waals surface area contributed by atoms with E-state index >= 15 is 0 Å². The van der Waals surface area contributed by atoms with Crippen molar-refractivity contribution in [3.63, 3.8) is 0 Å². The first-order valence-corrected chi connectivity index (χ1v) is 2.43. The van der Waals surface area contributed by atoms with Gasteiger partial charge < -0.3 is 0 Å². The van der Waals surface area contributed by atoms with Crippen LogP contribution in [0.1, 0.15) is 6.92 Å². The molecule has 0 aromatic carbocycles. The van der Waals surface area contributed by atoms with Crippen molar-refractivity contribution < 1.29 is 17.7 Å². The highest BCUT2D eigenvalue weighted by Crippen LogP contribution is 2.15. The molecule has 54 valence electrons. The Morgan fingerprint density at radius 1 is 1.22 bits per heavy atom. The SMILES string of the molecule is CC(=[N+](C)C)C(F)(F)F. The number of alkyl halides is 3. The maximum Gasteiger partial charge on any atom is 0.472 e.